The highest BCUT2D eigenvalue weighted by Crippen LogP contribution is 2.36. The zero-order valence-corrected chi connectivity index (χ0v) is 14.1. The molecule has 4 heteroatoms. The molecule has 1 fully saturated rings. The SMILES string of the molecule is CCCNc1nc(C2CCC(C)CC2)nc2sc(C)cc12. The van der Waals surface area contributed by atoms with Gasteiger partial charge < -0.3 is 5.32 Å². The van der Waals surface area contributed by atoms with E-state index in [9.17, 15) is 0 Å². The van der Waals surface area contributed by atoms with Crippen LogP contribution in [-0.4, -0.2) is 16.5 Å². The number of aromatic nitrogens is 2. The second-order valence-electron chi connectivity index (χ2n) is 6.39. The van der Waals surface area contributed by atoms with Crippen molar-refractivity contribution < 1.29 is 0 Å². The highest BCUT2D eigenvalue weighted by Gasteiger charge is 2.23. The average Bonchev–Trinajstić information content (AvgIpc) is 2.85. The second-order valence-corrected chi connectivity index (χ2v) is 7.62. The van der Waals surface area contributed by atoms with E-state index in [-0.39, 0.29) is 0 Å². The first-order valence-corrected chi connectivity index (χ1v) is 9.01. The van der Waals surface area contributed by atoms with Gasteiger partial charge in [0.05, 0.1) is 5.39 Å². The van der Waals surface area contributed by atoms with Crippen molar-refractivity contribution >= 4 is 27.4 Å². The number of rotatable bonds is 4. The topological polar surface area (TPSA) is 37.8 Å². The molecule has 0 radical (unpaired) electrons. The lowest BCUT2D eigenvalue weighted by molar-refractivity contribution is 0.340. The molecule has 0 aromatic carbocycles. The zero-order chi connectivity index (χ0) is 14.8. The summed E-state index contributed by atoms with van der Waals surface area (Å²) in [5.74, 6) is 3.52. The third kappa shape index (κ3) is 3.20. The number of anilines is 1. The lowest BCUT2D eigenvalue weighted by Crippen LogP contribution is -2.14. The van der Waals surface area contributed by atoms with Gasteiger partial charge in [0.15, 0.2) is 0 Å². The maximum Gasteiger partial charge on any atom is 0.138 e. The molecule has 0 spiro atoms. The molecule has 0 unspecified atom stereocenters. The van der Waals surface area contributed by atoms with Crippen LogP contribution >= 0.6 is 11.3 Å². The quantitative estimate of drug-likeness (QED) is 0.852. The van der Waals surface area contributed by atoms with Gasteiger partial charge in [-0.2, -0.15) is 0 Å². The van der Waals surface area contributed by atoms with Crippen molar-refractivity contribution in [2.75, 3.05) is 11.9 Å². The molecule has 0 saturated heterocycles. The molecule has 1 aliphatic carbocycles. The summed E-state index contributed by atoms with van der Waals surface area (Å²) in [6, 6.07) is 2.21. The molecule has 2 aromatic rings. The predicted octanol–water partition coefficient (Wildman–Crippen LogP) is 5.12. The number of thiophene rings is 1. The second kappa shape index (κ2) is 6.30. The van der Waals surface area contributed by atoms with Gasteiger partial charge in [0.2, 0.25) is 0 Å². The molecular weight excluding hydrogens is 278 g/mol. The van der Waals surface area contributed by atoms with E-state index in [1.165, 1.54) is 35.9 Å². The third-order valence-corrected chi connectivity index (χ3v) is 5.40. The highest BCUT2D eigenvalue weighted by atomic mass is 32.1. The van der Waals surface area contributed by atoms with Crippen molar-refractivity contribution in [3.63, 3.8) is 0 Å². The minimum absolute atomic E-state index is 0.551. The van der Waals surface area contributed by atoms with Gasteiger partial charge in [-0.05, 0) is 38.2 Å². The van der Waals surface area contributed by atoms with Gasteiger partial charge in [-0.15, -0.1) is 11.3 Å². The maximum atomic E-state index is 4.88. The van der Waals surface area contributed by atoms with E-state index in [0.717, 1.165) is 35.4 Å². The normalized spacial score (nSPS) is 22.6. The molecule has 1 saturated carbocycles. The fourth-order valence-corrected chi connectivity index (χ4v) is 4.02. The number of hydrogen-bond acceptors (Lipinski definition) is 4. The van der Waals surface area contributed by atoms with Crippen LogP contribution in [0.5, 0.6) is 0 Å². The molecule has 3 rings (SSSR count). The average molecular weight is 303 g/mol. The van der Waals surface area contributed by atoms with Gasteiger partial charge in [0, 0.05) is 17.3 Å². The summed E-state index contributed by atoms with van der Waals surface area (Å²) in [5, 5.41) is 4.69. The van der Waals surface area contributed by atoms with E-state index in [2.05, 4.69) is 32.2 Å². The number of fused-ring (bicyclic) bond motifs is 1. The minimum Gasteiger partial charge on any atom is -0.369 e. The van der Waals surface area contributed by atoms with Crippen LogP contribution < -0.4 is 5.32 Å². The summed E-state index contributed by atoms with van der Waals surface area (Å²) >= 11 is 1.79. The predicted molar refractivity (Wildman–Crippen MR) is 91.3 cm³/mol. The number of nitrogens with one attached hydrogen (secondary N) is 1. The standard InChI is InChI=1S/C17H25N3S/c1-4-9-18-16-14-10-12(3)21-17(14)20-15(19-16)13-7-5-11(2)6-8-13/h10-11,13H,4-9H2,1-3H3,(H,18,19,20). The van der Waals surface area contributed by atoms with Gasteiger partial charge in [-0.3, -0.25) is 0 Å². The first-order valence-electron chi connectivity index (χ1n) is 8.19. The van der Waals surface area contributed by atoms with Gasteiger partial charge in [-0.25, -0.2) is 9.97 Å². The van der Waals surface area contributed by atoms with Gasteiger partial charge in [0.25, 0.3) is 0 Å². The molecule has 2 aromatic heterocycles. The van der Waals surface area contributed by atoms with E-state index < -0.39 is 0 Å². The van der Waals surface area contributed by atoms with E-state index in [1.807, 2.05) is 0 Å². The van der Waals surface area contributed by atoms with Crippen LogP contribution in [0.25, 0.3) is 10.2 Å². The summed E-state index contributed by atoms with van der Waals surface area (Å²) in [6.45, 7) is 7.67. The Hall–Kier alpha value is -1.16. The molecule has 1 aliphatic rings. The van der Waals surface area contributed by atoms with Crippen molar-refractivity contribution in [2.24, 2.45) is 5.92 Å². The van der Waals surface area contributed by atoms with E-state index in [0.29, 0.717) is 5.92 Å². The maximum absolute atomic E-state index is 4.88. The van der Waals surface area contributed by atoms with Crippen LogP contribution in [-0.2, 0) is 0 Å². The Bertz CT molecular complexity index is 612. The monoisotopic (exact) mass is 303 g/mol. The van der Waals surface area contributed by atoms with Gasteiger partial charge in [0.1, 0.15) is 16.5 Å². The fraction of sp³-hybridized carbons (Fsp3) is 0.647. The molecule has 0 aliphatic heterocycles. The van der Waals surface area contributed by atoms with Crippen LogP contribution in [0.1, 0.15) is 62.6 Å². The zero-order valence-electron chi connectivity index (χ0n) is 13.3. The Labute approximate surface area is 131 Å². The number of aryl methyl sites for hydroxylation is 1. The Morgan fingerprint density at radius 2 is 2.00 bits per heavy atom. The van der Waals surface area contributed by atoms with Gasteiger partial charge >= 0.3 is 0 Å². The Morgan fingerprint density at radius 3 is 2.71 bits per heavy atom. The lowest BCUT2D eigenvalue weighted by Gasteiger charge is -2.25. The van der Waals surface area contributed by atoms with E-state index >= 15 is 0 Å². The van der Waals surface area contributed by atoms with Crippen LogP contribution in [0.3, 0.4) is 0 Å². The first-order chi connectivity index (χ1) is 10.2. The summed E-state index contributed by atoms with van der Waals surface area (Å²) in [4.78, 5) is 12.2. The van der Waals surface area contributed by atoms with Crippen LogP contribution in [0.2, 0.25) is 0 Å². The van der Waals surface area contributed by atoms with Crippen LogP contribution in [0, 0.1) is 12.8 Å². The van der Waals surface area contributed by atoms with Crippen molar-refractivity contribution in [1.29, 1.82) is 0 Å². The lowest BCUT2D eigenvalue weighted by atomic mass is 9.82. The Morgan fingerprint density at radius 1 is 1.24 bits per heavy atom. The van der Waals surface area contributed by atoms with Crippen molar-refractivity contribution in [2.45, 2.75) is 58.8 Å². The van der Waals surface area contributed by atoms with Crippen LogP contribution in [0.4, 0.5) is 5.82 Å². The van der Waals surface area contributed by atoms with Crippen LogP contribution in [0.15, 0.2) is 6.07 Å². The van der Waals surface area contributed by atoms with E-state index in [1.54, 1.807) is 11.3 Å². The molecule has 0 amide bonds. The molecule has 114 valence electrons. The third-order valence-electron chi connectivity index (χ3n) is 4.46. The molecule has 2 heterocycles. The summed E-state index contributed by atoms with van der Waals surface area (Å²) in [7, 11) is 0. The largest absolute Gasteiger partial charge is 0.369 e. The van der Waals surface area contributed by atoms with Gasteiger partial charge in [-0.1, -0.05) is 26.7 Å². The van der Waals surface area contributed by atoms with Crippen molar-refractivity contribution in [3.8, 4) is 0 Å². The molecule has 1 N–H and O–H groups in total. The Kier molecular flexibility index (Phi) is 4.43. The fourth-order valence-electron chi connectivity index (χ4n) is 3.14. The number of hydrogen-bond donors (Lipinski definition) is 1. The summed E-state index contributed by atoms with van der Waals surface area (Å²) in [5.41, 5.74) is 0. The Balaban J connectivity index is 1.94. The minimum atomic E-state index is 0.551. The molecule has 0 bridgehead atoms. The molecule has 3 nitrogen and oxygen atoms in total. The summed E-state index contributed by atoms with van der Waals surface area (Å²) < 4.78 is 0. The molecule has 21 heavy (non-hydrogen) atoms. The van der Waals surface area contributed by atoms with Crippen molar-refractivity contribution in [1.82, 2.24) is 9.97 Å². The number of nitrogens with zero attached hydrogens (tertiary/aromatic N) is 2. The van der Waals surface area contributed by atoms with E-state index in [4.69, 9.17) is 9.97 Å². The highest BCUT2D eigenvalue weighted by molar-refractivity contribution is 7.18. The smallest absolute Gasteiger partial charge is 0.138 e. The van der Waals surface area contributed by atoms with Crippen molar-refractivity contribution in [3.05, 3.63) is 16.8 Å². The summed E-state index contributed by atoms with van der Waals surface area (Å²) in [6.07, 6.45) is 6.22. The molecule has 0 atom stereocenters. The molecular formula is C17H25N3S. The first kappa shape index (κ1) is 14.8.